The number of piperazine rings is 1. The number of hydrogen-bond donors (Lipinski definition) is 2. The van der Waals surface area contributed by atoms with Crippen molar-refractivity contribution in [3.63, 3.8) is 0 Å². The lowest BCUT2D eigenvalue weighted by Crippen LogP contribution is -2.47. The quantitative estimate of drug-likeness (QED) is 0.910. The second kappa shape index (κ2) is 7.09. The SMILES string of the molecule is Oc1ccc([C@@H](C2CCOCC2)N2CCNCC2)c2ccccc12. The van der Waals surface area contributed by atoms with Gasteiger partial charge in [0.1, 0.15) is 5.75 Å². The summed E-state index contributed by atoms with van der Waals surface area (Å²) >= 11 is 0. The number of hydrogen-bond acceptors (Lipinski definition) is 4. The Morgan fingerprint density at radius 3 is 2.46 bits per heavy atom. The van der Waals surface area contributed by atoms with E-state index in [9.17, 15) is 5.11 Å². The molecule has 2 aliphatic rings. The third kappa shape index (κ3) is 3.02. The van der Waals surface area contributed by atoms with Crippen LogP contribution in [0.3, 0.4) is 0 Å². The maximum atomic E-state index is 10.3. The zero-order valence-electron chi connectivity index (χ0n) is 14.1. The van der Waals surface area contributed by atoms with E-state index in [-0.39, 0.29) is 0 Å². The van der Waals surface area contributed by atoms with Gasteiger partial charge in [-0.15, -0.1) is 0 Å². The Kier molecular flexibility index (Phi) is 4.69. The van der Waals surface area contributed by atoms with Gasteiger partial charge in [0.05, 0.1) is 0 Å². The van der Waals surface area contributed by atoms with Gasteiger partial charge in [0.2, 0.25) is 0 Å². The predicted octanol–water partition coefficient (Wildman–Crippen LogP) is 2.92. The van der Waals surface area contributed by atoms with Gasteiger partial charge >= 0.3 is 0 Å². The molecule has 2 heterocycles. The van der Waals surface area contributed by atoms with Crippen molar-refractivity contribution in [1.82, 2.24) is 10.2 Å². The van der Waals surface area contributed by atoms with Gasteiger partial charge in [-0.25, -0.2) is 0 Å². The van der Waals surface area contributed by atoms with Crippen LogP contribution in [0.2, 0.25) is 0 Å². The Labute approximate surface area is 143 Å². The van der Waals surface area contributed by atoms with E-state index in [4.69, 9.17) is 4.74 Å². The maximum Gasteiger partial charge on any atom is 0.123 e. The standard InChI is InChI=1S/C20H26N2O2/c23-19-6-5-18(16-3-1-2-4-17(16)19)20(15-7-13-24-14-8-15)22-11-9-21-10-12-22/h1-6,15,20-21,23H,7-14H2/t20-/m1/s1. The monoisotopic (exact) mass is 326 g/mol. The number of fused-ring (bicyclic) bond motifs is 1. The highest BCUT2D eigenvalue weighted by Gasteiger charge is 2.32. The van der Waals surface area contributed by atoms with Crippen molar-refractivity contribution in [2.24, 2.45) is 5.92 Å². The summed E-state index contributed by atoms with van der Waals surface area (Å²) in [6.07, 6.45) is 2.23. The average molecular weight is 326 g/mol. The summed E-state index contributed by atoms with van der Waals surface area (Å²) in [6, 6.07) is 12.7. The zero-order chi connectivity index (χ0) is 16.4. The average Bonchev–Trinajstić information content (AvgIpc) is 2.66. The van der Waals surface area contributed by atoms with Crippen LogP contribution < -0.4 is 5.32 Å². The molecular weight excluding hydrogens is 300 g/mol. The fourth-order valence-electron chi connectivity index (χ4n) is 4.31. The highest BCUT2D eigenvalue weighted by atomic mass is 16.5. The van der Waals surface area contributed by atoms with Gasteiger partial charge < -0.3 is 15.2 Å². The largest absolute Gasteiger partial charge is 0.507 e. The molecule has 0 aliphatic carbocycles. The fraction of sp³-hybridized carbons (Fsp3) is 0.500. The van der Waals surface area contributed by atoms with Crippen LogP contribution in [0, 0.1) is 5.92 Å². The van der Waals surface area contributed by atoms with Crippen LogP contribution in [0.15, 0.2) is 36.4 Å². The van der Waals surface area contributed by atoms with Gasteiger partial charge in [-0.2, -0.15) is 0 Å². The molecule has 0 radical (unpaired) electrons. The molecule has 2 fully saturated rings. The molecule has 2 aliphatic heterocycles. The van der Waals surface area contributed by atoms with Crippen LogP contribution in [0.5, 0.6) is 5.75 Å². The second-order valence-electron chi connectivity index (χ2n) is 6.90. The third-order valence-electron chi connectivity index (χ3n) is 5.51. The lowest BCUT2D eigenvalue weighted by atomic mass is 9.83. The highest BCUT2D eigenvalue weighted by Crippen LogP contribution is 2.40. The summed E-state index contributed by atoms with van der Waals surface area (Å²) in [6.45, 7) is 5.99. The molecule has 1 atom stereocenters. The molecule has 128 valence electrons. The van der Waals surface area contributed by atoms with Crippen LogP contribution in [0.4, 0.5) is 0 Å². The van der Waals surface area contributed by atoms with Gasteiger partial charge in [-0.1, -0.05) is 30.3 Å². The van der Waals surface area contributed by atoms with E-state index in [0.29, 0.717) is 17.7 Å². The Balaban J connectivity index is 1.79. The summed E-state index contributed by atoms with van der Waals surface area (Å²) in [5.41, 5.74) is 1.36. The number of aromatic hydroxyl groups is 1. The Bertz CT molecular complexity index is 673. The molecule has 0 unspecified atom stereocenters. The van der Waals surface area contributed by atoms with Crippen molar-refractivity contribution in [2.75, 3.05) is 39.4 Å². The molecule has 0 saturated carbocycles. The first-order valence-electron chi connectivity index (χ1n) is 9.08. The van der Waals surface area contributed by atoms with Crippen LogP contribution in [-0.2, 0) is 4.74 Å². The minimum Gasteiger partial charge on any atom is -0.507 e. The van der Waals surface area contributed by atoms with Gasteiger partial charge in [0.25, 0.3) is 0 Å². The Morgan fingerprint density at radius 2 is 1.71 bits per heavy atom. The lowest BCUT2D eigenvalue weighted by molar-refractivity contribution is 0.0217. The number of rotatable bonds is 3. The van der Waals surface area contributed by atoms with Crippen molar-refractivity contribution in [1.29, 1.82) is 0 Å². The summed E-state index contributed by atoms with van der Waals surface area (Å²) in [5.74, 6) is 0.991. The van der Waals surface area contributed by atoms with Crippen LogP contribution in [0.1, 0.15) is 24.4 Å². The molecule has 0 aromatic heterocycles. The number of benzene rings is 2. The lowest BCUT2D eigenvalue weighted by Gasteiger charge is -2.41. The summed E-state index contributed by atoms with van der Waals surface area (Å²) in [4.78, 5) is 2.63. The number of phenolic OH excluding ortho intramolecular Hbond substituents is 1. The molecule has 2 N–H and O–H groups in total. The van der Waals surface area contributed by atoms with E-state index >= 15 is 0 Å². The van der Waals surface area contributed by atoms with Crippen molar-refractivity contribution in [3.05, 3.63) is 42.0 Å². The summed E-state index contributed by atoms with van der Waals surface area (Å²) in [5, 5.41) is 15.9. The molecule has 0 amide bonds. The van der Waals surface area contributed by atoms with Crippen molar-refractivity contribution in [2.45, 2.75) is 18.9 Å². The third-order valence-corrected chi connectivity index (χ3v) is 5.51. The number of phenols is 1. The van der Waals surface area contributed by atoms with E-state index in [0.717, 1.165) is 57.6 Å². The predicted molar refractivity (Wildman–Crippen MR) is 96.3 cm³/mol. The van der Waals surface area contributed by atoms with Gasteiger partial charge in [-0.05, 0) is 35.8 Å². The number of nitrogens with one attached hydrogen (secondary N) is 1. The molecule has 4 rings (SSSR count). The van der Waals surface area contributed by atoms with Crippen LogP contribution in [-0.4, -0.2) is 49.4 Å². The van der Waals surface area contributed by atoms with Crippen LogP contribution in [0.25, 0.3) is 10.8 Å². The minimum atomic E-state index is 0.375. The molecule has 24 heavy (non-hydrogen) atoms. The smallest absolute Gasteiger partial charge is 0.123 e. The van der Waals surface area contributed by atoms with E-state index in [1.807, 2.05) is 18.2 Å². The molecule has 4 nitrogen and oxygen atoms in total. The minimum absolute atomic E-state index is 0.375. The van der Waals surface area contributed by atoms with E-state index in [1.54, 1.807) is 0 Å². The Morgan fingerprint density at radius 1 is 1.00 bits per heavy atom. The summed E-state index contributed by atoms with van der Waals surface area (Å²) < 4.78 is 5.61. The van der Waals surface area contributed by atoms with E-state index in [2.05, 4.69) is 28.4 Å². The fourth-order valence-corrected chi connectivity index (χ4v) is 4.31. The van der Waals surface area contributed by atoms with Gasteiger partial charge in [0, 0.05) is 50.8 Å². The molecule has 4 heteroatoms. The molecular formula is C20H26N2O2. The van der Waals surface area contributed by atoms with Crippen LogP contribution >= 0.6 is 0 Å². The first-order valence-corrected chi connectivity index (χ1v) is 9.08. The topological polar surface area (TPSA) is 44.7 Å². The Hall–Kier alpha value is -1.62. The molecule has 2 saturated heterocycles. The first-order chi connectivity index (χ1) is 11.8. The van der Waals surface area contributed by atoms with E-state index in [1.165, 1.54) is 10.9 Å². The van der Waals surface area contributed by atoms with Gasteiger partial charge in [0.15, 0.2) is 0 Å². The molecule has 0 bridgehead atoms. The summed E-state index contributed by atoms with van der Waals surface area (Å²) in [7, 11) is 0. The molecule has 0 spiro atoms. The van der Waals surface area contributed by atoms with Crippen molar-refractivity contribution < 1.29 is 9.84 Å². The zero-order valence-corrected chi connectivity index (χ0v) is 14.1. The molecule has 2 aromatic rings. The van der Waals surface area contributed by atoms with Gasteiger partial charge in [-0.3, -0.25) is 4.90 Å². The highest BCUT2D eigenvalue weighted by molar-refractivity contribution is 5.91. The normalized spacial score (nSPS) is 21.8. The second-order valence-corrected chi connectivity index (χ2v) is 6.90. The van der Waals surface area contributed by atoms with E-state index < -0.39 is 0 Å². The first kappa shape index (κ1) is 15.9. The van der Waals surface area contributed by atoms with Crippen molar-refractivity contribution in [3.8, 4) is 5.75 Å². The maximum absolute atomic E-state index is 10.3. The molecule has 2 aromatic carbocycles. The number of nitrogens with zero attached hydrogens (tertiary/aromatic N) is 1. The van der Waals surface area contributed by atoms with Crippen molar-refractivity contribution >= 4 is 10.8 Å². The number of ether oxygens (including phenoxy) is 1.